The molecule has 0 aliphatic rings. The Balaban J connectivity index is 4.83. The van der Waals surface area contributed by atoms with E-state index >= 15 is 0 Å². The molecule has 0 aliphatic heterocycles. The van der Waals surface area contributed by atoms with Gasteiger partial charge < -0.3 is 11.5 Å². The Morgan fingerprint density at radius 1 is 1.36 bits per heavy atom. The summed E-state index contributed by atoms with van der Waals surface area (Å²) >= 11 is 5.15. The fourth-order valence-corrected chi connectivity index (χ4v) is 3.41. The van der Waals surface area contributed by atoms with Crippen molar-refractivity contribution in [2.75, 3.05) is 12.5 Å². The fourth-order valence-electron chi connectivity index (χ4n) is 0.306. The Morgan fingerprint density at radius 3 is 1.82 bits per heavy atom. The monoisotopic (exact) mass is 212 g/mol. The normalized spacial score (nSPS) is 14.9. The molecule has 0 saturated heterocycles. The average molecular weight is 212 g/mol. The van der Waals surface area contributed by atoms with E-state index in [-0.39, 0.29) is 10.3 Å². The van der Waals surface area contributed by atoms with Gasteiger partial charge in [-0.15, -0.1) is 0 Å². The van der Waals surface area contributed by atoms with Gasteiger partial charge in [0.2, 0.25) is 0 Å². The van der Waals surface area contributed by atoms with Crippen LogP contribution in [0.3, 0.4) is 0 Å². The summed E-state index contributed by atoms with van der Waals surface area (Å²) in [6, 6.07) is 0. The number of hydrogen-bond acceptors (Lipinski definition) is 4. The smallest absolute Gasteiger partial charge is 0.161 e. The molecule has 0 rings (SSSR count). The van der Waals surface area contributed by atoms with E-state index in [9.17, 15) is 0 Å². The molecule has 0 radical (unpaired) electrons. The summed E-state index contributed by atoms with van der Waals surface area (Å²) in [4.78, 5) is 0. The van der Waals surface area contributed by atoms with Crippen LogP contribution in [0, 0.1) is 10.8 Å². The molecule has 0 spiro atoms. The molecule has 0 heterocycles. The molecular formula is C4H12N4S3. The fraction of sp³-hybridized carbons (Fsp3) is 0.500. The van der Waals surface area contributed by atoms with Crippen LogP contribution in [0.15, 0.2) is 0 Å². The van der Waals surface area contributed by atoms with Gasteiger partial charge in [-0.2, -0.15) is 0 Å². The molecule has 0 aromatic carbocycles. The second kappa shape index (κ2) is 2.72. The van der Waals surface area contributed by atoms with Gasteiger partial charge in [0, 0.05) is 0 Å². The van der Waals surface area contributed by atoms with Crippen molar-refractivity contribution < 1.29 is 0 Å². The third-order valence-corrected chi connectivity index (χ3v) is 6.54. The molecule has 66 valence electrons. The first-order valence-corrected chi connectivity index (χ1v) is 7.75. The first-order valence-electron chi connectivity index (χ1n) is 2.64. The predicted octanol–water partition coefficient (Wildman–Crippen LogP) is -0.167. The minimum atomic E-state index is -2.55. The van der Waals surface area contributed by atoms with Crippen molar-refractivity contribution >= 4 is 39.1 Å². The molecule has 11 heavy (non-hydrogen) atoms. The van der Waals surface area contributed by atoms with Crippen LogP contribution < -0.4 is 11.5 Å². The van der Waals surface area contributed by atoms with Crippen LogP contribution in [0.25, 0.3) is 0 Å². The standard InChI is InChI=1S/C4H12N4S3/c1-11(2,9,4(7)8)10-3(5)6/h1-2H3,(H3,5,6)(H3,7,8). The van der Waals surface area contributed by atoms with Crippen LogP contribution in [-0.4, -0.2) is 22.8 Å². The van der Waals surface area contributed by atoms with E-state index in [0.717, 1.165) is 10.8 Å². The highest BCUT2D eigenvalue weighted by molar-refractivity contribution is 9.06. The van der Waals surface area contributed by atoms with Crippen LogP contribution >= 0.6 is 10.8 Å². The van der Waals surface area contributed by atoms with Crippen molar-refractivity contribution in [3.05, 3.63) is 0 Å². The van der Waals surface area contributed by atoms with Gasteiger partial charge in [0.1, 0.15) is 5.17 Å². The van der Waals surface area contributed by atoms with Crippen LogP contribution in [0.4, 0.5) is 0 Å². The maximum atomic E-state index is 7.24. The minimum absolute atomic E-state index is 0.0581. The number of rotatable bonds is 0. The number of nitrogens with two attached hydrogens (primary N) is 2. The van der Waals surface area contributed by atoms with Gasteiger partial charge in [-0.25, -0.2) is 0 Å². The minimum Gasteiger partial charge on any atom is -0.379 e. The lowest BCUT2D eigenvalue weighted by molar-refractivity contribution is 1.50. The van der Waals surface area contributed by atoms with Gasteiger partial charge >= 0.3 is 0 Å². The molecule has 7 heteroatoms. The van der Waals surface area contributed by atoms with E-state index in [0.29, 0.717) is 0 Å². The zero-order chi connectivity index (χ0) is 9.31. The quantitative estimate of drug-likeness (QED) is 0.254. The highest BCUT2D eigenvalue weighted by Crippen LogP contribution is 2.33. The Labute approximate surface area is 74.0 Å². The van der Waals surface area contributed by atoms with E-state index in [1.165, 1.54) is 0 Å². The summed E-state index contributed by atoms with van der Waals surface area (Å²) < 4.78 is 0. The molecule has 0 unspecified atom stereocenters. The lowest BCUT2D eigenvalue weighted by Gasteiger charge is -2.33. The van der Waals surface area contributed by atoms with Gasteiger partial charge in [0.05, 0.1) is 0 Å². The van der Waals surface area contributed by atoms with E-state index in [1.807, 2.05) is 0 Å². The second-order valence-corrected chi connectivity index (χ2v) is 14.1. The van der Waals surface area contributed by atoms with Crippen molar-refractivity contribution in [2.45, 2.75) is 0 Å². The zero-order valence-corrected chi connectivity index (χ0v) is 8.83. The van der Waals surface area contributed by atoms with Crippen molar-refractivity contribution in [1.82, 2.24) is 0 Å². The maximum absolute atomic E-state index is 7.24. The molecule has 0 bridgehead atoms. The van der Waals surface area contributed by atoms with Crippen molar-refractivity contribution in [3.63, 3.8) is 0 Å². The lowest BCUT2D eigenvalue weighted by Crippen LogP contribution is -2.40. The Bertz CT molecular complexity index is 263. The molecule has 0 fully saturated rings. The molecule has 4 nitrogen and oxygen atoms in total. The molecule has 0 atom stereocenters. The van der Waals surface area contributed by atoms with Crippen LogP contribution in [-0.2, 0) is 17.9 Å². The Morgan fingerprint density at radius 2 is 1.73 bits per heavy atom. The van der Waals surface area contributed by atoms with Gasteiger partial charge in [-0.05, 0) is 23.3 Å². The first kappa shape index (κ1) is 10.9. The lowest BCUT2D eigenvalue weighted by atomic mass is 11.4. The summed E-state index contributed by atoms with van der Waals surface area (Å²) in [5, 5.41) is 14.1. The Hall–Kier alpha value is -0.140. The first-order chi connectivity index (χ1) is 4.63. The van der Waals surface area contributed by atoms with Gasteiger partial charge in [0.15, 0.2) is 5.17 Å². The summed E-state index contributed by atoms with van der Waals surface area (Å²) in [7, 11) is 1.00. The summed E-state index contributed by atoms with van der Waals surface area (Å²) in [6.45, 7) is -2.55. The number of nitrogens with one attached hydrogen (secondary N) is 2. The van der Waals surface area contributed by atoms with Crippen molar-refractivity contribution in [3.8, 4) is 0 Å². The number of amidine groups is 2. The van der Waals surface area contributed by atoms with Crippen LogP contribution in [0.5, 0.6) is 0 Å². The van der Waals surface area contributed by atoms with E-state index in [2.05, 4.69) is 0 Å². The van der Waals surface area contributed by atoms with E-state index in [4.69, 9.17) is 33.5 Å². The molecule has 6 N–H and O–H groups in total. The topological polar surface area (TPSA) is 99.7 Å². The summed E-state index contributed by atoms with van der Waals surface area (Å²) in [5.74, 6) is 0. The van der Waals surface area contributed by atoms with Crippen molar-refractivity contribution in [2.24, 2.45) is 11.5 Å². The number of hydrogen-bond donors (Lipinski definition) is 4. The van der Waals surface area contributed by atoms with Gasteiger partial charge in [-0.1, -0.05) is 17.9 Å². The molecule has 0 amide bonds. The highest BCUT2D eigenvalue weighted by atomic mass is 33.4. The third-order valence-electron chi connectivity index (χ3n) is 0.952. The highest BCUT2D eigenvalue weighted by Gasteiger charge is 2.26. The molecule has 0 aromatic heterocycles. The molecule has 0 aliphatic carbocycles. The largest absolute Gasteiger partial charge is 0.379 e. The molecule has 0 aromatic rings. The van der Waals surface area contributed by atoms with E-state index < -0.39 is 6.75 Å². The van der Waals surface area contributed by atoms with Crippen molar-refractivity contribution in [1.29, 1.82) is 10.8 Å². The van der Waals surface area contributed by atoms with Crippen LogP contribution in [0.2, 0.25) is 0 Å². The third kappa shape index (κ3) is 3.17. The van der Waals surface area contributed by atoms with Gasteiger partial charge in [0.25, 0.3) is 0 Å². The Kier molecular flexibility index (Phi) is 2.69. The molecular weight excluding hydrogens is 200 g/mol. The summed E-state index contributed by atoms with van der Waals surface area (Å²) in [6.07, 6.45) is 3.39. The SMILES string of the molecule is CS(C)(=S)(SC(=N)N)C(=N)N. The molecule has 0 saturated carbocycles. The predicted molar refractivity (Wildman–Crippen MR) is 58.0 cm³/mol. The summed E-state index contributed by atoms with van der Waals surface area (Å²) in [5.41, 5.74) is 10.5. The zero-order valence-electron chi connectivity index (χ0n) is 6.38. The maximum Gasteiger partial charge on any atom is 0.161 e. The average Bonchev–Trinajstić information content (AvgIpc) is 1.57. The van der Waals surface area contributed by atoms with E-state index in [1.54, 1.807) is 12.5 Å². The van der Waals surface area contributed by atoms with Crippen LogP contribution in [0.1, 0.15) is 0 Å². The second-order valence-electron chi connectivity index (χ2n) is 2.53. The van der Waals surface area contributed by atoms with Gasteiger partial charge in [-0.3, -0.25) is 10.8 Å².